The van der Waals surface area contributed by atoms with Gasteiger partial charge in [-0.1, -0.05) is 0 Å². The van der Waals surface area contributed by atoms with Crippen LogP contribution in [0.25, 0.3) is 0 Å². The minimum Gasteiger partial charge on any atom is -0.351 e. The zero-order valence-electron chi connectivity index (χ0n) is 11.1. The standard InChI is InChI=1S/C13H14F5N3/c14-12(15)2-1-9-7-19-3-4-21(9)11-10(12)5-8(6-20-11)13(16,17)18/h5-6,9,19H,1-4,7H2/t9-/m0/s1. The molecular formula is C13H14F5N3. The second kappa shape index (κ2) is 4.79. The van der Waals surface area contributed by atoms with Crippen molar-refractivity contribution in [3.8, 4) is 0 Å². The molecule has 8 heteroatoms. The van der Waals surface area contributed by atoms with Gasteiger partial charge in [0.05, 0.1) is 11.1 Å². The number of alkyl halides is 5. The van der Waals surface area contributed by atoms with Gasteiger partial charge in [-0.3, -0.25) is 0 Å². The van der Waals surface area contributed by atoms with Gasteiger partial charge in [-0.15, -0.1) is 0 Å². The van der Waals surface area contributed by atoms with Crippen molar-refractivity contribution < 1.29 is 22.0 Å². The summed E-state index contributed by atoms with van der Waals surface area (Å²) in [6.07, 6.45) is -4.28. The van der Waals surface area contributed by atoms with Gasteiger partial charge in [-0.05, 0) is 12.5 Å². The normalized spacial score (nSPS) is 25.0. The summed E-state index contributed by atoms with van der Waals surface area (Å²) < 4.78 is 66.6. The first-order valence-corrected chi connectivity index (χ1v) is 6.72. The molecule has 2 aliphatic heterocycles. The summed E-state index contributed by atoms with van der Waals surface area (Å²) in [4.78, 5) is 5.43. The van der Waals surface area contributed by atoms with Gasteiger partial charge in [0.2, 0.25) is 0 Å². The van der Waals surface area contributed by atoms with Crippen molar-refractivity contribution in [1.29, 1.82) is 0 Å². The lowest BCUT2D eigenvalue weighted by Gasteiger charge is -2.36. The number of pyridine rings is 1. The molecule has 3 rings (SSSR count). The fourth-order valence-electron chi connectivity index (χ4n) is 2.89. The van der Waals surface area contributed by atoms with E-state index in [0.717, 1.165) is 0 Å². The molecule has 0 aromatic carbocycles. The molecule has 0 amide bonds. The Morgan fingerprint density at radius 2 is 2.10 bits per heavy atom. The van der Waals surface area contributed by atoms with Crippen LogP contribution in [-0.4, -0.2) is 30.7 Å². The van der Waals surface area contributed by atoms with Crippen molar-refractivity contribution in [3.05, 3.63) is 23.4 Å². The van der Waals surface area contributed by atoms with Crippen LogP contribution in [0.5, 0.6) is 0 Å². The van der Waals surface area contributed by atoms with Crippen LogP contribution < -0.4 is 10.2 Å². The Balaban J connectivity index is 2.11. The number of nitrogens with one attached hydrogen (secondary N) is 1. The molecule has 1 aromatic rings. The third-order valence-electron chi connectivity index (χ3n) is 4.00. The first-order valence-electron chi connectivity index (χ1n) is 6.72. The lowest BCUT2D eigenvalue weighted by molar-refractivity contribution is -0.138. The molecule has 0 radical (unpaired) electrons. The van der Waals surface area contributed by atoms with Crippen LogP contribution in [0.15, 0.2) is 12.3 Å². The number of halogens is 5. The fraction of sp³-hybridized carbons (Fsp3) is 0.615. The molecule has 1 aromatic heterocycles. The van der Waals surface area contributed by atoms with E-state index in [9.17, 15) is 22.0 Å². The third kappa shape index (κ3) is 2.56. The van der Waals surface area contributed by atoms with Crippen molar-refractivity contribution in [2.75, 3.05) is 24.5 Å². The Bertz CT molecular complexity index is 543. The van der Waals surface area contributed by atoms with Crippen LogP contribution in [0.1, 0.15) is 24.0 Å². The summed E-state index contributed by atoms with van der Waals surface area (Å²) in [5.74, 6) is -3.31. The average molecular weight is 307 g/mol. The number of rotatable bonds is 0. The van der Waals surface area contributed by atoms with Crippen molar-refractivity contribution in [2.45, 2.75) is 31.0 Å². The van der Waals surface area contributed by atoms with Crippen molar-refractivity contribution in [1.82, 2.24) is 10.3 Å². The van der Waals surface area contributed by atoms with Crippen LogP contribution in [0.2, 0.25) is 0 Å². The Morgan fingerprint density at radius 3 is 2.81 bits per heavy atom. The molecule has 2 aliphatic rings. The summed E-state index contributed by atoms with van der Waals surface area (Å²) in [7, 11) is 0. The van der Waals surface area contributed by atoms with Crippen LogP contribution in [0, 0.1) is 0 Å². The largest absolute Gasteiger partial charge is 0.417 e. The monoisotopic (exact) mass is 307 g/mol. The predicted molar refractivity (Wildman–Crippen MR) is 66.4 cm³/mol. The van der Waals surface area contributed by atoms with Crippen LogP contribution >= 0.6 is 0 Å². The molecule has 3 heterocycles. The van der Waals surface area contributed by atoms with Crippen molar-refractivity contribution in [3.63, 3.8) is 0 Å². The van der Waals surface area contributed by atoms with Gasteiger partial charge < -0.3 is 10.2 Å². The molecule has 1 saturated heterocycles. The fourth-order valence-corrected chi connectivity index (χ4v) is 2.89. The molecule has 0 aliphatic carbocycles. The number of piperazine rings is 1. The topological polar surface area (TPSA) is 28.2 Å². The Labute approximate surface area is 118 Å². The Morgan fingerprint density at radius 1 is 1.33 bits per heavy atom. The Hall–Kier alpha value is -1.44. The minimum absolute atomic E-state index is 0.0167. The minimum atomic E-state index is -4.67. The SMILES string of the molecule is FC(F)(F)c1cnc2c(c1)C(F)(F)CC[C@H]1CNCCN21. The number of aromatic nitrogens is 1. The molecule has 21 heavy (non-hydrogen) atoms. The van der Waals surface area contributed by atoms with Gasteiger partial charge in [0.15, 0.2) is 0 Å². The molecular weight excluding hydrogens is 293 g/mol. The van der Waals surface area contributed by atoms with E-state index < -0.39 is 29.6 Å². The van der Waals surface area contributed by atoms with Crippen molar-refractivity contribution >= 4 is 5.82 Å². The zero-order chi connectivity index (χ0) is 15.3. The molecule has 1 atom stereocenters. The van der Waals surface area contributed by atoms with Gasteiger partial charge in [-0.25, -0.2) is 13.8 Å². The number of hydrogen-bond donors (Lipinski definition) is 1. The average Bonchev–Trinajstić information content (AvgIpc) is 2.54. The van der Waals surface area contributed by atoms with E-state index in [0.29, 0.717) is 31.9 Å². The molecule has 0 spiro atoms. The summed E-state index contributed by atoms with van der Waals surface area (Å²) in [6, 6.07) is 0.391. The van der Waals surface area contributed by atoms with E-state index >= 15 is 0 Å². The van der Waals surface area contributed by atoms with Gasteiger partial charge in [-0.2, -0.15) is 13.2 Å². The van der Waals surface area contributed by atoms with E-state index in [1.54, 1.807) is 4.90 Å². The predicted octanol–water partition coefficient (Wildman–Crippen LogP) is 2.76. The molecule has 1 fully saturated rings. The molecule has 3 nitrogen and oxygen atoms in total. The summed E-state index contributed by atoms with van der Waals surface area (Å²) in [5.41, 5.74) is -1.74. The van der Waals surface area contributed by atoms with Crippen LogP contribution in [0.3, 0.4) is 0 Å². The smallest absolute Gasteiger partial charge is 0.351 e. The Kier molecular flexibility index (Phi) is 3.31. The van der Waals surface area contributed by atoms with E-state index in [2.05, 4.69) is 10.3 Å². The second-order valence-electron chi connectivity index (χ2n) is 5.39. The summed E-state index contributed by atoms with van der Waals surface area (Å²) >= 11 is 0. The van der Waals surface area contributed by atoms with Crippen LogP contribution in [0.4, 0.5) is 27.8 Å². The second-order valence-corrected chi connectivity index (χ2v) is 5.39. The lowest BCUT2D eigenvalue weighted by Crippen LogP contribution is -2.51. The maximum atomic E-state index is 14.2. The highest BCUT2D eigenvalue weighted by molar-refractivity contribution is 5.53. The summed E-state index contributed by atoms with van der Waals surface area (Å²) in [6.45, 7) is 1.61. The highest BCUT2D eigenvalue weighted by Crippen LogP contribution is 2.44. The lowest BCUT2D eigenvalue weighted by atomic mass is 10.0. The molecule has 1 N–H and O–H groups in total. The molecule has 0 bridgehead atoms. The third-order valence-corrected chi connectivity index (χ3v) is 4.00. The van der Waals surface area contributed by atoms with Gasteiger partial charge in [0.1, 0.15) is 5.82 Å². The first kappa shape index (κ1) is 14.5. The van der Waals surface area contributed by atoms with E-state index in [4.69, 9.17) is 0 Å². The molecule has 116 valence electrons. The zero-order valence-corrected chi connectivity index (χ0v) is 11.1. The van der Waals surface area contributed by atoms with E-state index in [-0.39, 0.29) is 18.3 Å². The number of fused-ring (bicyclic) bond motifs is 3. The molecule has 0 unspecified atom stereocenters. The quantitative estimate of drug-likeness (QED) is 0.747. The first-order chi connectivity index (χ1) is 9.79. The number of hydrogen-bond acceptors (Lipinski definition) is 3. The maximum Gasteiger partial charge on any atom is 0.417 e. The highest BCUT2D eigenvalue weighted by Gasteiger charge is 2.44. The highest BCUT2D eigenvalue weighted by atomic mass is 19.4. The summed E-state index contributed by atoms with van der Waals surface area (Å²) in [5, 5.41) is 3.11. The molecule has 0 saturated carbocycles. The van der Waals surface area contributed by atoms with Crippen molar-refractivity contribution in [2.24, 2.45) is 0 Å². The number of nitrogens with zero attached hydrogens (tertiary/aromatic N) is 2. The maximum absolute atomic E-state index is 14.2. The van der Waals surface area contributed by atoms with Gasteiger partial charge in [0.25, 0.3) is 5.92 Å². The number of anilines is 1. The van der Waals surface area contributed by atoms with E-state index in [1.807, 2.05) is 0 Å². The van der Waals surface area contributed by atoms with Crippen LogP contribution in [-0.2, 0) is 12.1 Å². The van der Waals surface area contributed by atoms with Gasteiger partial charge in [0, 0.05) is 38.3 Å². The van der Waals surface area contributed by atoms with Gasteiger partial charge >= 0.3 is 6.18 Å². The van der Waals surface area contributed by atoms with E-state index in [1.165, 1.54) is 0 Å².